The van der Waals surface area contributed by atoms with Crippen molar-refractivity contribution >= 4 is 5.91 Å². The second-order valence-corrected chi connectivity index (χ2v) is 6.80. The molecule has 1 amide bonds. The van der Waals surface area contributed by atoms with Gasteiger partial charge in [-0.05, 0) is 17.8 Å². The van der Waals surface area contributed by atoms with Gasteiger partial charge in [0.2, 0.25) is 5.82 Å². The zero-order chi connectivity index (χ0) is 14.2. The van der Waals surface area contributed by atoms with Crippen LogP contribution in [-0.2, 0) is 0 Å². The Morgan fingerprint density at radius 2 is 2.11 bits per heavy atom. The van der Waals surface area contributed by atoms with Crippen LogP contribution in [0.5, 0.6) is 0 Å². The van der Waals surface area contributed by atoms with Gasteiger partial charge >= 0.3 is 0 Å². The number of likely N-dealkylation sites (tertiary alicyclic amines) is 1. The second kappa shape index (κ2) is 4.94. The number of amides is 1. The molecule has 0 radical (unpaired) electrons. The lowest BCUT2D eigenvalue weighted by atomic mass is 9.80. The maximum Gasteiger partial charge on any atom is 0.293 e. The molecule has 5 heteroatoms. The van der Waals surface area contributed by atoms with Crippen LogP contribution < -0.4 is 0 Å². The fraction of sp³-hybridized carbons (Fsp3) is 0.786. The Hall–Kier alpha value is -1.39. The maximum atomic E-state index is 12.3. The van der Waals surface area contributed by atoms with Crippen LogP contribution in [0.1, 0.15) is 63.4 Å². The molecule has 1 fully saturated rings. The smallest absolute Gasteiger partial charge is 0.293 e. The molecule has 19 heavy (non-hydrogen) atoms. The third-order valence-electron chi connectivity index (χ3n) is 3.94. The van der Waals surface area contributed by atoms with Crippen LogP contribution in [0.2, 0.25) is 0 Å². The zero-order valence-corrected chi connectivity index (χ0v) is 12.5. The molecule has 5 nitrogen and oxygen atoms in total. The van der Waals surface area contributed by atoms with Crippen LogP contribution in [0.15, 0.2) is 0 Å². The summed E-state index contributed by atoms with van der Waals surface area (Å²) in [5.74, 6) is 1.85. The van der Waals surface area contributed by atoms with Crippen LogP contribution in [0.3, 0.4) is 0 Å². The molecular weight excluding hydrogens is 240 g/mol. The highest BCUT2D eigenvalue weighted by Crippen LogP contribution is 2.33. The predicted molar refractivity (Wildman–Crippen MR) is 73.9 cm³/mol. The molecular formula is C14H24N4O. The highest BCUT2D eigenvalue weighted by Gasteiger charge is 2.35. The minimum atomic E-state index is -0.0464. The van der Waals surface area contributed by atoms with Gasteiger partial charge in [0.15, 0.2) is 0 Å². The van der Waals surface area contributed by atoms with Crippen molar-refractivity contribution in [2.24, 2.45) is 11.3 Å². The van der Waals surface area contributed by atoms with E-state index in [9.17, 15) is 4.79 Å². The first-order valence-electron chi connectivity index (χ1n) is 7.00. The molecule has 0 aromatic carbocycles. The van der Waals surface area contributed by atoms with E-state index in [2.05, 4.69) is 36.0 Å². The summed E-state index contributed by atoms with van der Waals surface area (Å²) in [5, 5.41) is 6.88. The van der Waals surface area contributed by atoms with Gasteiger partial charge in [0.05, 0.1) is 0 Å². The van der Waals surface area contributed by atoms with E-state index in [0.29, 0.717) is 11.7 Å². The van der Waals surface area contributed by atoms with E-state index >= 15 is 0 Å². The van der Waals surface area contributed by atoms with Gasteiger partial charge in [-0.1, -0.05) is 34.6 Å². The van der Waals surface area contributed by atoms with Crippen molar-refractivity contribution in [2.45, 2.75) is 47.0 Å². The summed E-state index contributed by atoms with van der Waals surface area (Å²) in [7, 11) is 0. The third-order valence-corrected chi connectivity index (χ3v) is 3.94. The first-order chi connectivity index (χ1) is 8.79. The van der Waals surface area contributed by atoms with Crippen molar-refractivity contribution in [2.75, 3.05) is 13.1 Å². The number of hydrogen-bond acceptors (Lipinski definition) is 3. The van der Waals surface area contributed by atoms with Crippen molar-refractivity contribution < 1.29 is 4.79 Å². The molecule has 1 unspecified atom stereocenters. The summed E-state index contributed by atoms with van der Waals surface area (Å²) in [6.07, 6.45) is 1.07. The molecule has 0 saturated carbocycles. The quantitative estimate of drug-likeness (QED) is 0.892. The SMILES string of the molecule is CC(C)c1nc(C(=O)N2CCC(C(C)(C)C)C2)n[nH]1. The molecule has 1 aromatic rings. The Kier molecular flexibility index (Phi) is 3.65. The lowest BCUT2D eigenvalue weighted by Gasteiger charge is -2.26. The highest BCUT2D eigenvalue weighted by atomic mass is 16.2. The summed E-state index contributed by atoms with van der Waals surface area (Å²) >= 11 is 0. The van der Waals surface area contributed by atoms with Crippen molar-refractivity contribution in [1.82, 2.24) is 20.1 Å². The van der Waals surface area contributed by atoms with E-state index in [1.54, 1.807) is 0 Å². The Labute approximate surface area is 114 Å². The summed E-state index contributed by atoms with van der Waals surface area (Å²) in [6, 6.07) is 0. The number of H-pyrrole nitrogens is 1. The van der Waals surface area contributed by atoms with E-state index in [4.69, 9.17) is 0 Å². The fourth-order valence-electron chi connectivity index (χ4n) is 2.42. The van der Waals surface area contributed by atoms with Gasteiger partial charge in [-0.15, -0.1) is 5.10 Å². The predicted octanol–water partition coefficient (Wildman–Crippen LogP) is 2.44. The number of carbonyl (C=O) groups excluding carboxylic acids is 1. The van der Waals surface area contributed by atoms with E-state index in [-0.39, 0.29) is 17.2 Å². The number of hydrogen-bond donors (Lipinski definition) is 1. The lowest BCUT2D eigenvalue weighted by molar-refractivity contribution is 0.0765. The van der Waals surface area contributed by atoms with Crippen LogP contribution >= 0.6 is 0 Å². The van der Waals surface area contributed by atoms with E-state index in [0.717, 1.165) is 25.3 Å². The minimum absolute atomic E-state index is 0.0464. The molecule has 1 aliphatic rings. The van der Waals surface area contributed by atoms with Gasteiger partial charge in [-0.3, -0.25) is 9.89 Å². The van der Waals surface area contributed by atoms with Crippen LogP contribution in [0.25, 0.3) is 0 Å². The molecule has 1 aliphatic heterocycles. The van der Waals surface area contributed by atoms with Crippen LogP contribution in [0.4, 0.5) is 0 Å². The summed E-state index contributed by atoms with van der Waals surface area (Å²) in [6.45, 7) is 12.4. The zero-order valence-electron chi connectivity index (χ0n) is 12.5. The molecule has 1 saturated heterocycles. The molecule has 2 heterocycles. The number of aromatic nitrogens is 3. The average molecular weight is 264 g/mol. The van der Waals surface area contributed by atoms with Crippen molar-refractivity contribution in [1.29, 1.82) is 0 Å². The Morgan fingerprint density at radius 3 is 2.58 bits per heavy atom. The molecule has 0 bridgehead atoms. The van der Waals surface area contributed by atoms with E-state index in [1.165, 1.54) is 0 Å². The summed E-state index contributed by atoms with van der Waals surface area (Å²) in [5.41, 5.74) is 0.247. The van der Waals surface area contributed by atoms with Crippen molar-refractivity contribution in [3.05, 3.63) is 11.6 Å². The minimum Gasteiger partial charge on any atom is -0.336 e. The highest BCUT2D eigenvalue weighted by molar-refractivity contribution is 5.90. The topological polar surface area (TPSA) is 61.9 Å². The standard InChI is InChI=1S/C14H24N4O/c1-9(2)11-15-12(17-16-11)13(19)18-7-6-10(8-18)14(3,4)5/h9-10H,6-8H2,1-5H3,(H,15,16,17). The third kappa shape index (κ3) is 2.96. The van der Waals surface area contributed by atoms with Gasteiger partial charge in [0, 0.05) is 19.0 Å². The lowest BCUT2D eigenvalue weighted by Crippen LogP contribution is -2.31. The fourth-order valence-corrected chi connectivity index (χ4v) is 2.42. The monoisotopic (exact) mass is 264 g/mol. The van der Waals surface area contributed by atoms with Gasteiger partial charge in [-0.25, -0.2) is 4.98 Å². The molecule has 0 aliphatic carbocycles. The van der Waals surface area contributed by atoms with Crippen LogP contribution in [-0.4, -0.2) is 39.1 Å². The maximum absolute atomic E-state index is 12.3. The normalized spacial score (nSPS) is 20.3. The number of aromatic amines is 1. The molecule has 2 rings (SSSR count). The van der Waals surface area contributed by atoms with Gasteiger partial charge in [0.25, 0.3) is 5.91 Å². The first kappa shape index (κ1) is 14.0. The number of rotatable bonds is 2. The summed E-state index contributed by atoms with van der Waals surface area (Å²) < 4.78 is 0. The molecule has 1 aromatic heterocycles. The van der Waals surface area contributed by atoms with Crippen molar-refractivity contribution in [3.8, 4) is 0 Å². The molecule has 106 valence electrons. The molecule has 1 N–H and O–H groups in total. The summed E-state index contributed by atoms with van der Waals surface area (Å²) in [4.78, 5) is 18.5. The number of nitrogens with zero attached hydrogens (tertiary/aromatic N) is 3. The first-order valence-corrected chi connectivity index (χ1v) is 7.00. The second-order valence-electron chi connectivity index (χ2n) is 6.80. The van der Waals surface area contributed by atoms with Gasteiger partial charge < -0.3 is 4.90 Å². The number of carbonyl (C=O) groups is 1. The molecule has 1 atom stereocenters. The van der Waals surface area contributed by atoms with E-state index in [1.807, 2.05) is 18.7 Å². The Morgan fingerprint density at radius 1 is 1.42 bits per heavy atom. The van der Waals surface area contributed by atoms with Gasteiger partial charge in [-0.2, -0.15) is 0 Å². The average Bonchev–Trinajstić information content (AvgIpc) is 2.97. The van der Waals surface area contributed by atoms with Gasteiger partial charge in [0.1, 0.15) is 5.82 Å². The Bertz CT molecular complexity index is 458. The van der Waals surface area contributed by atoms with Crippen LogP contribution in [0, 0.1) is 11.3 Å². The van der Waals surface area contributed by atoms with E-state index < -0.39 is 0 Å². The Balaban J connectivity index is 2.05. The number of nitrogens with one attached hydrogen (secondary N) is 1. The molecule has 0 spiro atoms. The van der Waals surface area contributed by atoms with Crippen molar-refractivity contribution in [3.63, 3.8) is 0 Å². The largest absolute Gasteiger partial charge is 0.336 e.